The highest BCUT2D eigenvalue weighted by Crippen LogP contribution is 2.40. The van der Waals surface area contributed by atoms with Gasteiger partial charge in [0.15, 0.2) is 6.10 Å². The largest absolute Gasteiger partial charge is 0.460 e. The van der Waals surface area contributed by atoms with E-state index < -0.39 is 12.1 Å². The Hall–Kier alpha value is -1.35. The van der Waals surface area contributed by atoms with Crippen LogP contribution in [0.25, 0.3) is 0 Å². The van der Waals surface area contributed by atoms with Crippen LogP contribution >= 0.6 is 0 Å². The van der Waals surface area contributed by atoms with E-state index in [2.05, 4.69) is 20.8 Å². The topological polar surface area (TPSA) is 46.5 Å². The van der Waals surface area contributed by atoms with Crippen molar-refractivity contribution in [3.05, 3.63) is 35.9 Å². The highest BCUT2D eigenvalue weighted by molar-refractivity contribution is 5.76. The van der Waals surface area contributed by atoms with Crippen molar-refractivity contribution in [3.63, 3.8) is 0 Å². The summed E-state index contributed by atoms with van der Waals surface area (Å²) in [5.74, 6) is 0.0107. The standard InChI is InChI=1S/C17H24O3/c1-12-9-14(11-17(2,3)10-12)20-16(19)15(18)13-7-5-4-6-8-13/h4-8,12,14-15,18H,9-11H2,1-3H3/t12?,14?,15-/m0/s1. The number of hydrogen-bond acceptors (Lipinski definition) is 3. The summed E-state index contributed by atoms with van der Waals surface area (Å²) in [4.78, 5) is 12.1. The molecule has 1 aliphatic rings. The SMILES string of the molecule is CC1CC(OC(=O)[C@@H](O)c2ccccc2)CC(C)(C)C1. The molecule has 0 bridgehead atoms. The molecule has 3 nitrogen and oxygen atoms in total. The highest BCUT2D eigenvalue weighted by atomic mass is 16.6. The molecule has 1 saturated carbocycles. The van der Waals surface area contributed by atoms with E-state index in [1.165, 1.54) is 0 Å². The number of benzene rings is 1. The average Bonchev–Trinajstić information content (AvgIpc) is 2.36. The van der Waals surface area contributed by atoms with Gasteiger partial charge in [0.2, 0.25) is 0 Å². The molecular formula is C17H24O3. The Bertz CT molecular complexity index is 453. The first-order valence-corrected chi connectivity index (χ1v) is 7.31. The van der Waals surface area contributed by atoms with E-state index in [1.54, 1.807) is 24.3 Å². The molecule has 0 radical (unpaired) electrons. The van der Waals surface area contributed by atoms with Crippen molar-refractivity contribution in [1.82, 2.24) is 0 Å². The molecule has 0 aliphatic heterocycles. The second-order valence-corrected chi connectivity index (χ2v) is 6.79. The summed E-state index contributed by atoms with van der Waals surface area (Å²) in [6.07, 6.45) is 1.64. The number of esters is 1. The van der Waals surface area contributed by atoms with Gasteiger partial charge in [-0.1, -0.05) is 51.1 Å². The number of carbonyl (C=O) groups excluding carboxylic acids is 1. The minimum atomic E-state index is -1.18. The molecule has 0 spiro atoms. The van der Waals surface area contributed by atoms with E-state index in [0.29, 0.717) is 11.5 Å². The van der Waals surface area contributed by atoms with E-state index >= 15 is 0 Å². The third-order valence-corrected chi connectivity index (χ3v) is 3.97. The first-order valence-electron chi connectivity index (χ1n) is 7.31. The van der Waals surface area contributed by atoms with Crippen molar-refractivity contribution < 1.29 is 14.6 Å². The fraction of sp³-hybridized carbons (Fsp3) is 0.588. The summed E-state index contributed by atoms with van der Waals surface area (Å²) in [5.41, 5.74) is 0.779. The van der Waals surface area contributed by atoms with E-state index in [9.17, 15) is 9.90 Å². The third kappa shape index (κ3) is 3.83. The van der Waals surface area contributed by atoms with Crippen molar-refractivity contribution in [1.29, 1.82) is 0 Å². The van der Waals surface area contributed by atoms with Crippen molar-refractivity contribution in [2.45, 2.75) is 52.2 Å². The first kappa shape index (κ1) is 15.0. The lowest BCUT2D eigenvalue weighted by molar-refractivity contribution is -0.163. The molecule has 0 amide bonds. The number of aliphatic hydroxyl groups excluding tert-OH is 1. The molecule has 1 aliphatic carbocycles. The van der Waals surface area contributed by atoms with Gasteiger partial charge in [0, 0.05) is 0 Å². The number of aliphatic hydroxyl groups is 1. The second kappa shape index (κ2) is 5.96. The maximum absolute atomic E-state index is 12.1. The summed E-state index contributed by atoms with van der Waals surface area (Å²) < 4.78 is 5.52. The molecule has 1 aromatic carbocycles. The van der Waals surface area contributed by atoms with Crippen molar-refractivity contribution in [2.24, 2.45) is 11.3 Å². The van der Waals surface area contributed by atoms with E-state index in [-0.39, 0.29) is 11.5 Å². The average molecular weight is 276 g/mol. The Morgan fingerprint density at radius 1 is 1.30 bits per heavy atom. The monoisotopic (exact) mass is 276 g/mol. The van der Waals surface area contributed by atoms with E-state index in [0.717, 1.165) is 19.3 Å². The molecule has 3 atom stereocenters. The zero-order valence-electron chi connectivity index (χ0n) is 12.5. The zero-order valence-corrected chi connectivity index (χ0v) is 12.5. The van der Waals surface area contributed by atoms with Gasteiger partial charge in [0.05, 0.1) is 0 Å². The van der Waals surface area contributed by atoms with Crippen LogP contribution in [-0.2, 0) is 9.53 Å². The Kier molecular flexibility index (Phi) is 4.48. The lowest BCUT2D eigenvalue weighted by atomic mass is 9.71. The van der Waals surface area contributed by atoms with E-state index in [4.69, 9.17) is 4.74 Å². The van der Waals surface area contributed by atoms with Gasteiger partial charge >= 0.3 is 5.97 Å². The second-order valence-electron chi connectivity index (χ2n) is 6.79. The molecule has 0 heterocycles. The van der Waals surface area contributed by atoms with Crippen LogP contribution in [-0.4, -0.2) is 17.2 Å². The van der Waals surface area contributed by atoms with Gasteiger partial charge < -0.3 is 9.84 Å². The molecule has 110 valence electrons. The normalized spacial score (nSPS) is 26.8. The summed E-state index contributed by atoms with van der Waals surface area (Å²) in [5, 5.41) is 10.0. The summed E-state index contributed by atoms with van der Waals surface area (Å²) >= 11 is 0. The molecule has 1 aromatic rings. The van der Waals surface area contributed by atoms with Crippen LogP contribution in [0.1, 0.15) is 51.7 Å². The zero-order chi connectivity index (χ0) is 14.8. The minimum Gasteiger partial charge on any atom is -0.460 e. The fourth-order valence-electron chi connectivity index (χ4n) is 3.35. The van der Waals surface area contributed by atoms with Crippen molar-refractivity contribution in [2.75, 3.05) is 0 Å². The van der Waals surface area contributed by atoms with Crippen LogP contribution in [0.4, 0.5) is 0 Å². The Morgan fingerprint density at radius 2 is 1.95 bits per heavy atom. The number of ether oxygens (including phenoxy) is 1. The Labute approximate surface area is 121 Å². The van der Waals surface area contributed by atoms with Gasteiger partial charge in [-0.15, -0.1) is 0 Å². The van der Waals surface area contributed by atoms with Crippen LogP contribution in [0, 0.1) is 11.3 Å². The molecule has 20 heavy (non-hydrogen) atoms. The summed E-state index contributed by atoms with van der Waals surface area (Å²) in [6.45, 7) is 6.60. The van der Waals surface area contributed by atoms with Gasteiger partial charge in [0.1, 0.15) is 6.10 Å². The smallest absolute Gasteiger partial charge is 0.339 e. The van der Waals surface area contributed by atoms with Gasteiger partial charge in [-0.2, -0.15) is 0 Å². The number of carbonyl (C=O) groups is 1. The predicted octanol–water partition coefficient (Wildman–Crippen LogP) is 3.48. The van der Waals surface area contributed by atoms with Gasteiger partial charge in [0.25, 0.3) is 0 Å². The van der Waals surface area contributed by atoms with E-state index in [1.807, 2.05) is 6.07 Å². The van der Waals surface area contributed by atoms with Crippen molar-refractivity contribution >= 4 is 5.97 Å². The van der Waals surface area contributed by atoms with Crippen LogP contribution < -0.4 is 0 Å². The van der Waals surface area contributed by atoms with Crippen LogP contribution in [0.2, 0.25) is 0 Å². The van der Waals surface area contributed by atoms with Crippen LogP contribution in [0.15, 0.2) is 30.3 Å². The molecule has 0 aromatic heterocycles. The molecule has 3 heteroatoms. The molecule has 2 unspecified atom stereocenters. The molecule has 0 saturated heterocycles. The Morgan fingerprint density at radius 3 is 2.55 bits per heavy atom. The molecule has 2 rings (SSSR count). The lowest BCUT2D eigenvalue weighted by Crippen LogP contribution is -2.35. The highest BCUT2D eigenvalue weighted by Gasteiger charge is 2.35. The molecule has 1 fully saturated rings. The van der Waals surface area contributed by atoms with Crippen LogP contribution in [0.5, 0.6) is 0 Å². The Balaban J connectivity index is 1.97. The van der Waals surface area contributed by atoms with Gasteiger partial charge in [-0.3, -0.25) is 0 Å². The van der Waals surface area contributed by atoms with Gasteiger partial charge in [-0.05, 0) is 36.2 Å². The first-order chi connectivity index (χ1) is 9.37. The summed E-state index contributed by atoms with van der Waals surface area (Å²) in [6, 6.07) is 8.93. The molecular weight excluding hydrogens is 252 g/mol. The maximum atomic E-state index is 12.1. The maximum Gasteiger partial charge on any atom is 0.339 e. The fourth-order valence-corrected chi connectivity index (χ4v) is 3.35. The number of hydrogen-bond donors (Lipinski definition) is 1. The van der Waals surface area contributed by atoms with Crippen LogP contribution in [0.3, 0.4) is 0 Å². The lowest BCUT2D eigenvalue weighted by Gasteiger charge is -2.38. The predicted molar refractivity (Wildman–Crippen MR) is 78.1 cm³/mol. The molecule has 1 N–H and O–H groups in total. The summed E-state index contributed by atoms with van der Waals surface area (Å²) in [7, 11) is 0. The van der Waals surface area contributed by atoms with Gasteiger partial charge in [-0.25, -0.2) is 4.79 Å². The van der Waals surface area contributed by atoms with Crippen molar-refractivity contribution in [3.8, 4) is 0 Å². The quantitative estimate of drug-likeness (QED) is 0.860. The minimum absolute atomic E-state index is 0.0837. The third-order valence-electron chi connectivity index (χ3n) is 3.97. The number of rotatable bonds is 3.